The van der Waals surface area contributed by atoms with Gasteiger partial charge in [-0.3, -0.25) is 5.32 Å². The average molecular weight is 283 g/mol. The van der Waals surface area contributed by atoms with Gasteiger partial charge >= 0.3 is 0 Å². The average Bonchev–Trinajstić information content (AvgIpc) is 3.17. The van der Waals surface area contributed by atoms with Crippen LogP contribution in [0.3, 0.4) is 0 Å². The van der Waals surface area contributed by atoms with Crippen molar-refractivity contribution in [1.82, 2.24) is 15.5 Å². The van der Waals surface area contributed by atoms with Crippen LogP contribution < -0.4 is 5.32 Å². The Morgan fingerprint density at radius 1 is 1.14 bits per heavy atom. The Balaban J connectivity index is 1.59. The van der Waals surface area contributed by atoms with Crippen LogP contribution >= 0.6 is 0 Å². The van der Waals surface area contributed by atoms with Crippen molar-refractivity contribution in [3.63, 3.8) is 0 Å². The molecular formula is C16H17N3O2. The van der Waals surface area contributed by atoms with Crippen molar-refractivity contribution in [3.8, 4) is 0 Å². The van der Waals surface area contributed by atoms with Gasteiger partial charge in [0.15, 0.2) is 5.82 Å². The van der Waals surface area contributed by atoms with Gasteiger partial charge in [-0.2, -0.15) is 4.98 Å². The SMILES string of the molecule is CC(NCc1ccco1)c1nc(Cc2ccccc2)no1. The van der Waals surface area contributed by atoms with E-state index in [9.17, 15) is 0 Å². The van der Waals surface area contributed by atoms with Crippen molar-refractivity contribution in [2.45, 2.75) is 25.9 Å². The Bertz CT molecular complexity index is 662. The lowest BCUT2D eigenvalue weighted by atomic mass is 10.1. The highest BCUT2D eigenvalue weighted by molar-refractivity contribution is 5.18. The van der Waals surface area contributed by atoms with Crippen molar-refractivity contribution >= 4 is 0 Å². The minimum atomic E-state index is -0.0212. The Morgan fingerprint density at radius 3 is 2.76 bits per heavy atom. The molecule has 0 bridgehead atoms. The van der Waals surface area contributed by atoms with E-state index in [0.717, 1.165) is 5.76 Å². The predicted octanol–water partition coefficient (Wildman–Crippen LogP) is 3.10. The van der Waals surface area contributed by atoms with Crippen LogP contribution in [-0.4, -0.2) is 10.1 Å². The summed E-state index contributed by atoms with van der Waals surface area (Å²) in [5.74, 6) is 2.17. The third-order valence-corrected chi connectivity index (χ3v) is 3.22. The maximum absolute atomic E-state index is 5.31. The van der Waals surface area contributed by atoms with Gasteiger partial charge in [0.05, 0.1) is 18.8 Å². The van der Waals surface area contributed by atoms with Crippen LogP contribution in [-0.2, 0) is 13.0 Å². The molecule has 5 heteroatoms. The van der Waals surface area contributed by atoms with Crippen LogP contribution in [0.4, 0.5) is 0 Å². The lowest BCUT2D eigenvalue weighted by Crippen LogP contribution is -2.18. The quantitative estimate of drug-likeness (QED) is 0.753. The number of hydrogen-bond donors (Lipinski definition) is 1. The summed E-state index contributed by atoms with van der Waals surface area (Å²) in [6.45, 7) is 2.62. The van der Waals surface area contributed by atoms with E-state index in [1.54, 1.807) is 6.26 Å². The predicted molar refractivity (Wildman–Crippen MR) is 77.5 cm³/mol. The first kappa shape index (κ1) is 13.6. The number of aromatic nitrogens is 2. The highest BCUT2D eigenvalue weighted by atomic mass is 16.5. The van der Waals surface area contributed by atoms with E-state index in [1.165, 1.54) is 5.56 Å². The molecule has 0 spiro atoms. The molecule has 1 N–H and O–H groups in total. The summed E-state index contributed by atoms with van der Waals surface area (Å²) < 4.78 is 10.6. The highest BCUT2D eigenvalue weighted by Crippen LogP contribution is 2.13. The number of nitrogens with one attached hydrogen (secondary N) is 1. The zero-order valence-corrected chi connectivity index (χ0v) is 11.8. The molecule has 0 aliphatic carbocycles. The zero-order valence-electron chi connectivity index (χ0n) is 11.8. The van der Waals surface area contributed by atoms with E-state index in [2.05, 4.69) is 27.6 Å². The summed E-state index contributed by atoms with van der Waals surface area (Å²) in [6.07, 6.45) is 2.33. The van der Waals surface area contributed by atoms with Crippen molar-refractivity contribution in [3.05, 3.63) is 71.8 Å². The fourth-order valence-corrected chi connectivity index (χ4v) is 2.05. The Morgan fingerprint density at radius 2 is 2.00 bits per heavy atom. The second-order valence-corrected chi connectivity index (χ2v) is 4.89. The largest absolute Gasteiger partial charge is 0.468 e. The van der Waals surface area contributed by atoms with Crippen molar-refractivity contribution in [2.24, 2.45) is 0 Å². The molecule has 0 aliphatic rings. The first-order valence-corrected chi connectivity index (χ1v) is 6.93. The van der Waals surface area contributed by atoms with E-state index >= 15 is 0 Å². The van der Waals surface area contributed by atoms with Gasteiger partial charge in [0, 0.05) is 6.42 Å². The summed E-state index contributed by atoms with van der Waals surface area (Å²) >= 11 is 0. The minimum absolute atomic E-state index is 0.0212. The number of furan rings is 1. The van der Waals surface area contributed by atoms with Crippen LogP contribution in [0, 0.1) is 0 Å². The minimum Gasteiger partial charge on any atom is -0.468 e. The molecule has 0 radical (unpaired) electrons. The summed E-state index contributed by atoms with van der Waals surface area (Å²) in [4.78, 5) is 4.43. The topological polar surface area (TPSA) is 64.1 Å². The monoisotopic (exact) mass is 283 g/mol. The smallest absolute Gasteiger partial charge is 0.243 e. The third kappa shape index (κ3) is 3.58. The number of hydrogen-bond acceptors (Lipinski definition) is 5. The maximum Gasteiger partial charge on any atom is 0.243 e. The summed E-state index contributed by atoms with van der Waals surface area (Å²) in [7, 11) is 0. The molecule has 0 saturated carbocycles. The van der Waals surface area contributed by atoms with Crippen molar-refractivity contribution in [2.75, 3.05) is 0 Å². The second-order valence-electron chi connectivity index (χ2n) is 4.89. The van der Waals surface area contributed by atoms with Gasteiger partial charge in [-0.15, -0.1) is 0 Å². The maximum atomic E-state index is 5.31. The van der Waals surface area contributed by atoms with Gasteiger partial charge < -0.3 is 8.94 Å². The van der Waals surface area contributed by atoms with Crippen molar-refractivity contribution in [1.29, 1.82) is 0 Å². The Labute approximate surface area is 123 Å². The summed E-state index contributed by atoms with van der Waals surface area (Å²) in [5.41, 5.74) is 1.17. The molecule has 5 nitrogen and oxygen atoms in total. The van der Waals surface area contributed by atoms with Crippen LogP contribution in [0.5, 0.6) is 0 Å². The Hall–Kier alpha value is -2.40. The van der Waals surface area contributed by atoms with Crippen LogP contribution in [0.1, 0.15) is 36.0 Å². The zero-order chi connectivity index (χ0) is 14.5. The fraction of sp³-hybridized carbons (Fsp3) is 0.250. The molecule has 2 heterocycles. The van der Waals surface area contributed by atoms with E-state index in [-0.39, 0.29) is 6.04 Å². The molecule has 1 unspecified atom stereocenters. The molecule has 0 fully saturated rings. The highest BCUT2D eigenvalue weighted by Gasteiger charge is 2.14. The molecule has 0 amide bonds. The van der Waals surface area contributed by atoms with Gasteiger partial charge in [-0.25, -0.2) is 0 Å². The van der Waals surface area contributed by atoms with Crippen LogP contribution in [0.15, 0.2) is 57.7 Å². The van der Waals surface area contributed by atoms with Gasteiger partial charge in [0.2, 0.25) is 5.89 Å². The molecular weight excluding hydrogens is 266 g/mol. The molecule has 108 valence electrons. The van der Waals surface area contributed by atoms with Gasteiger partial charge in [0.25, 0.3) is 0 Å². The van der Waals surface area contributed by atoms with E-state index in [1.807, 2.05) is 37.3 Å². The van der Waals surface area contributed by atoms with Gasteiger partial charge in [-0.1, -0.05) is 35.5 Å². The fourth-order valence-electron chi connectivity index (χ4n) is 2.05. The molecule has 0 aliphatic heterocycles. The molecule has 2 aromatic heterocycles. The first-order chi connectivity index (χ1) is 10.3. The second kappa shape index (κ2) is 6.37. The van der Waals surface area contributed by atoms with E-state index < -0.39 is 0 Å². The van der Waals surface area contributed by atoms with Gasteiger partial charge in [-0.05, 0) is 24.6 Å². The lowest BCUT2D eigenvalue weighted by Gasteiger charge is -2.07. The number of rotatable bonds is 6. The molecule has 1 atom stereocenters. The molecule has 3 rings (SSSR count). The van der Waals surface area contributed by atoms with Crippen LogP contribution in [0.2, 0.25) is 0 Å². The van der Waals surface area contributed by atoms with E-state index in [0.29, 0.717) is 24.7 Å². The molecule has 3 aromatic rings. The third-order valence-electron chi connectivity index (χ3n) is 3.22. The molecule has 1 aromatic carbocycles. The molecule has 21 heavy (non-hydrogen) atoms. The van der Waals surface area contributed by atoms with Crippen molar-refractivity contribution < 1.29 is 8.94 Å². The molecule has 0 saturated heterocycles. The number of nitrogens with zero attached hydrogens (tertiary/aromatic N) is 2. The standard InChI is InChI=1S/C16H17N3O2/c1-12(17-11-14-8-5-9-20-14)16-18-15(19-21-16)10-13-6-3-2-4-7-13/h2-9,12,17H,10-11H2,1H3. The summed E-state index contributed by atoms with van der Waals surface area (Å²) in [5, 5.41) is 7.32. The normalized spacial score (nSPS) is 12.4. The number of benzene rings is 1. The van der Waals surface area contributed by atoms with E-state index in [4.69, 9.17) is 8.94 Å². The Kier molecular flexibility index (Phi) is 4.12. The van der Waals surface area contributed by atoms with Crippen LogP contribution in [0.25, 0.3) is 0 Å². The van der Waals surface area contributed by atoms with Gasteiger partial charge in [0.1, 0.15) is 5.76 Å². The summed E-state index contributed by atoms with van der Waals surface area (Å²) in [6, 6.07) is 13.9. The first-order valence-electron chi connectivity index (χ1n) is 6.93. The lowest BCUT2D eigenvalue weighted by molar-refractivity contribution is 0.331.